The highest BCUT2D eigenvalue weighted by Gasteiger charge is 2.38. The third-order valence-electron chi connectivity index (χ3n) is 6.98. The van der Waals surface area contributed by atoms with Crippen molar-refractivity contribution in [3.63, 3.8) is 0 Å². The van der Waals surface area contributed by atoms with E-state index >= 15 is 0 Å². The first-order chi connectivity index (χ1) is 13.6. The number of rotatable bonds is 5. The van der Waals surface area contributed by atoms with Crippen molar-refractivity contribution in [3.05, 3.63) is 29.3 Å². The topological polar surface area (TPSA) is 56.3 Å². The highest BCUT2D eigenvalue weighted by Crippen LogP contribution is 2.41. The number of hydrogen-bond acceptors (Lipinski definition) is 4. The first-order valence-electron chi connectivity index (χ1n) is 11.4. The third-order valence-corrected chi connectivity index (χ3v) is 6.98. The molecule has 0 bridgehead atoms. The van der Waals surface area contributed by atoms with Crippen LogP contribution in [-0.4, -0.2) is 50.5 Å². The number of nitrogens with two attached hydrogens (primary N) is 1. The summed E-state index contributed by atoms with van der Waals surface area (Å²) in [6.45, 7) is 13.7. The van der Waals surface area contributed by atoms with Crippen LogP contribution in [0.1, 0.15) is 64.5 Å². The number of benzene rings is 1. The van der Waals surface area contributed by atoms with Crippen LogP contribution < -0.4 is 10.6 Å². The van der Waals surface area contributed by atoms with Crippen molar-refractivity contribution in [1.82, 2.24) is 4.90 Å². The molecule has 0 spiro atoms. The Labute approximate surface area is 178 Å². The van der Waals surface area contributed by atoms with E-state index in [0.717, 1.165) is 44.0 Å². The Morgan fingerprint density at radius 3 is 2.59 bits per heavy atom. The summed E-state index contributed by atoms with van der Waals surface area (Å²) in [6, 6.07) is 9.07. The summed E-state index contributed by atoms with van der Waals surface area (Å²) in [7, 11) is 2.41. The van der Waals surface area contributed by atoms with E-state index < -0.39 is 0 Å². The van der Waals surface area contributed by atoms with E-state index in [2.05, 4.69) is 57.5 Å². The summed E-state index contributed by atoms with van der Waals surface area (Å²) in [6.07, 6.45) is 5.71. The zero-order chi connectivity index (χ0) is 21.2. The van der Waals surface area contributed by atoms with E-state index in [9.17, 15) is 5.26 Å². The first-order valence-corrected chi connectivity index (χ1v) is 11.4. The van der Waals surface area contributed by atoms with Crippen LogP contribution in [0.2, 0.25) is 5.31 Å². The monoisotopic (exact) mass is 394 g/mol. The summed E-state index contributed by atoms with van der Waals surface area (Å²) < 4.78 is 0. The van der Waals surface area contributed by atoms with Crippen molar-refractivity contribution >= 4 is 13.5 Å². The normalized spacial score (nSPS) is 30.1. The van der Waals surface area contributed by atoms with Gasteiger partial charge in [0.15, 0.2) is 0 Å². The predicted octanol–water partition coefficient (Wildman–Crippen LogP) is 3.35. The first kappa shape index (κ1) is 22.2. The lowest BCUT2D eigenvalue weighted by molar-refractivity contribution is 0.165. The molecule has 2 aliphatic rings. The molecule has 3 rings (SSSR count). The highest BCUT2D eigenvalue weighted by molar-refractivity contribution is 6.15. The molecule has 4 nitrogen and oxygen atoms in total. The smallest absolute Gasteiger partial charge is 0.110 e. The Morgan fingerprint density at radius 2 is 1.97 bits per heavy atom. The van der Waals surface area contributed by atoms with Gasteiger partial charge in [-0.1, -0.05) is 19.9 Å². The van der Waals surface area contributed by atoms with Crippen molar-refractivity contribution in [2.45, 2.75) is 76.7 Å². The average Bonchev–Trinajstić information content (AvgIpc) is 2.61. The molecule has 1 saturated carbocycles. The molecule has 2 N–H and O–H groups in total. The number of nitrogens with zero attached hydrogens (tertiary/aromatic N) is 3. The third kappa shape index (κ3) is 5.16. The van der Waals surface area contributed by atoms with Crippen LogP contribution in [0.4, 0.5) is 5.69 Å². The summed E-state index contributed by atoms with van der Waals surface area (Å²) >= 11 is 0. The molecule has 0 radical (unpaired) electrons. The molecule has 0 amide bonds. The summed E-state index contributed by atoms with van der Waals surface area (Å²) in [5.74, 6) is 0.824. The second-order valence-electron chi connectivity index (χ2n) is 10.7. The van der Waals surface area contributed by atoms with E-state index in [4.69, 9.17) is 5.73 Å². The molecule has 29 heavy (non-hydrogen) atoms. The van der Waals surface area contributed by atoms with Crippen LogP contribution in [0.25, 0.3) is 0 Å². The van der Waals surface area contributed by atoms with Crippen molar-refractivity contribution in [3.8, 4) is 6.07 Å². The maximum atomic E-state index is 9.61. The van der Waals surface area contributed by atoms with Crippen LogP contribution in [0.15, 0.2) is 18.2 Å². The predicted molar refractivity (Wildman–Crippen MR) is 125 cm³/mol. The molecule has 1 aliphatic heterocycles. The molecule has 1 aromatic carbocycles. The number of nitriles is 1. The van der Waals surface area contributed by atoms with Gasteiger partial charge in [-0.3, -0.25) is 0 Å². The lowest BCUT2D eigenvalue weighted by Crippen LogP contribution is -2.54. The molecular weight excluding hydrogens is 355 g/mol. The molecule has 158 valence electrons. The Morgan fingerprint density at radius 1 is 1.24 bits per heavy atom. The Bertz CT molecular complexity index is 746. The molecule has 1 aliphatic carbocycles. The fourth-order valence-electron chi connectivity index (χ4n) is 5.88. The summed E-state index contributed by atoms with van der Waals surface area (Å²) in [4.78, 5) is 5.26. The van der Waals surface area contributed by atoms with Gasteiger partial charge in [0, 0.05) is 30.4 Å². The van der Waals surface area contributed by atoms with Crippen molar-refractivity contribution < 1.29 is 0 Å². The maximum absolute atomic E-state index is 9.61. The lowest BCUT2D eigenvalue weighted by Gasteiger charge is -2.50. The van der Waals surface area contributed by atoms with E-state index in [1.807, 2.05) is 12.1 Å². The van der Waals surface area contributed by atoms with Gasteiger partial charge in [-0.2, -0.15) is 5.26 Å². The minimum Gasteiger partial charge on any atom is -0.365 e. The number of anilines is 1. The second-order valence-corrected chi connectivity index (χ2v) is 10.7. The van der Waals surface area contributed by atoms with Gasteiger partial charge in [-0.05, 0) is 88.0 Å². The Hall–Kier alpha value is -1.51. The Kier molecular flexibility index (Phi) is 6.65. The zero-order valence-electron chi connectivity index (χ0n) is 19.2. The van der Waals surface area contributed by atoms with Crippen LogP contribution in [0, 0.1) is 17.2 Å². The molecule has 1 atom stereocenters. The summed E-state index contributed by atoms with van der Waals surface area (Å²) in [5.41, 5.74) is 9.30. The minimum absolute atomic E-state index is 0.0499. The molecule has 1 unspecified atom stereocenters. The molecule has 0 aromatic heterocycles. The van der Waals surface area contributed by atoms with Gasteiger partial charge in [0.1, 0.15) is 7.85 Å². The molecular formula is C24H39BN4. The summed E-state index contributed by atoms with van der Waals surface area (Å²) in [5, 5.41) is 9.86. The van der Waals surface area contributed by atoms with Crippen molar-refractivity contribution in [2.75, 3.05) is 31.1 Å². The van der Waals surface area contributed by atoms with E-state index in [0.29, 0.717) is 6.04 Å². The van der Waals surface area contributed by atoms with Crippen molar-refractivity contribution in [2.24, 2.45) is 11.7 Å². The van der Waals surface area contributed by atoms with E-state index in [1.54, 1.807) is 0 Å². The largest absolute Gasteiger partial charge is 0.365 e. The van der Waals surface area contributed by atoms with Crippen molar-refractivity contribution in [1.29, 1.82) is 5.26 Å². The minimum atomic E-state index is 0.0499. The van der Waals surface area contributed by atoms with Gasteiger partial charge in [-0.15, -0.1) is 0 Å². The average molecular weight is 394 g/mol. The lowest BCUT2D eigenvalue weighted by atomic mass is 9.63. The second kappa shape index (κ2) is 8.70. The highest BCUT2D eigenvalue weighted by atomic mass is 15.2. The van der Waals surface area contributed by atoms with Crippen LogP contribution in [0.5, 0.6) is 0 Å². The zero-order valence-corrected chi connectivity index (χ0v) is 19.2. The SMILES string of the molecule is BC1(C)CN(CCC2CC(N)C2)CCN(c2cccc(C#N)c2CC)C(C)(C)C1. The molecule has 5 heteroatoms. The Balaban J connectivity index is 1.83. The van der Waals surface area contributed by atoms with Gasteiger partial charge in [0.2, 0.25) is 0 Å². The fraction of sp³-hybridized carbons (Fsp3) is 0.708. The van der Waals surface area contributed by atoms with Gasteiger partial charge in [-0.25, -0.2) is 0 Å². The van der Waals surface area contributed by atoms with Crippen LogP contribution in [-0.2, 0) is 6.42 Å². The van der Waals surface area contributed by atoms with Gasteiger partial charge in [0.05, 0.1) is 11.6 Å². The quantitative estimate of drug-likeness (QED) is 0.779. The standard InChI is InChI=1S/C24H39BN4/c1-5-21-19(15-26)7-6-8-22(21)29-12-11-28(10-9-18-13-20(27)14-18)17-24(4,25)16-23(29,2)3/h6-8,18,20H,5,9-14,16-17,25,27H2,1-4H3. The fourth-order valence-corrected chi connectivity index (χ4v) is 5.88. The number of hydrogen-bond donors (Lipinski definition) is 1. The molecule has 1 saturated heterocycles. The maximum Gasteiger partial charge on any atom is 0.110 e. The molecule has 1 heterocycles. The van der Waals surface area contributed by atoms with Crippen LogP contribution in [0.3, 0.4) is 0 Å². The van der Waals surface area contributed by atoms with Gasteiger partial charge in [0.25, 0.3) is 0 Å². The van der Waals surface area contributed by atoms with E-state index in [-0.39, 0.29) is 10.9 Å². The van der Waals surface area contributed by atoms with Gasteiger partial charge < -0.3 is 15.5 Å². The molecule has 1 aromatic rings. The molecule has 2 fully saturated rings. The van der Waals surface area contributed by atoms with Crippen LogP contribution >= 0.6 is 0 Å². The van der Waals surface area contributed by atoms with E-state index in [1.165, 1.54) is 37.1 Å². The van der Waals surface area contributed by atoms with Gasteiger partial charge >= 0.3 is 0 Å².